The molecule has 15 heavy (non-hydrogen) atoms. The Balaban J connectivity index is 2.38. The van der Waals surface area contributed by atoms with Gasteiger partial charge in [0.1, 0.15) is 0 Å². The van der Waals surface area contributed by atoms with Crippen LogP contribution in [0.1, 0.15) is 17.4 Å². The maximum absolute atomic E-state index is 11.3. The van der Waals surface area contributed by atoms with Gasteiger partial charge in [0.25, 0.3) is 5.91 Å². The van der Waals surface area contributed by atoms with E-state index in [4.69, 9.17) is 0 Å². The second kappa shape index (κ2) is 5.08. The molecule has 2 amide bonds. The van der Waals surface area contributed by atoms with Crippen LogP contribution in [0.25, 0.3) is 0 Å². The summed E-state index contributed by atoms with van der Waals surface area (Å²) in [5.41, 5.74) is 0.168. The van der Waals surface area contributed by atoms with Crippen LogP contribution in [-0.4, -0.2) is 52.3 Å². The highest BCUT2D eigenvalue weighted by Crippen LogP contribution is 1.88. The van der Waals surface area contributed by atoms with Crippen molar-refractivity contribution in [2.24, 2.45) is 0 Å². The third-order valence-corrected chi connectivity index (χ3v) is 1.95. The first-order chi connectivity index (χ1) is 7.15. The van der Waals surface area contributed by atoms with Crippen molar-refractivity contribution in [2.75, 3.05) is 20.1 Å². The number of nitrogens with zero attached hydrogens (tertiary/aromatic N) is 3. The van der Waals surface area contributed by atoms with Crippen molar-refractivity contribution in [3.63, 3.8) is 0 Å². The van der Waals surface area contributed by atoms with Gasteiger partial charge in [-0.15, -0.1) is 0 Å². The normalized spacial score (nSPS) is 9.73. The van der Waals surface area contributed by atoms with Crippen molar-refractivity contribution in [1.29, 1.82) is 0 Å². The quantitative estimate of drug-likeness (QED) is 0.669. The fourth-order valence-corrected chi connectivity index (χ4v) is 0.869. The largest absolute Gasteiger partial charge is 0.345 e. The third kappa shape index (κ3) is 3.04. The highest BCUT2D eigenvalue weighted by Gasteiger charge is 2.11. The van der Waals surface area contributed by atoms with E-state index in [1.165, 1.54) is 11.1 Å². The molecule has 0 aliphatic rings. The van der Waals surface area contributed by atoms with Gasteiger partial charge in [0.05, 0.1) is 12.7 Å². The second-order valence-corrected chi connectivity index (χ2v) is 2.95. The van der Waals surface area contributed by atoms with Crippen LogP contribution in [0.2, 0.25) is 0 Å². The number of likely N-dealkylation sites (N-methyl/N-ethyl adjacent to an activating group) is 1. The summed E-state index contributed by atoms with van der Waals surface area (Å²) in [5.74, 6) is -0.559. The average molecular weight is 211 g/mol. The van der Waals surface area contributed by atoms with Crippen LogP contribution >= 0.6 is 0 Å². The molecule has 82 valence electrons. The highest BCUT2D eigenvalue weighted by atomic mass is 16.2. The summed E-state index contributed by atoms with van der Waals surface area (Å²) in [7, 11) is 1.67. The Hall–Kier alpha value is -1.92. The van der Waals surface area contributed by atoms with Gasteiger partial charge < -0.3 is 10.2 Å². The van der Waals surface area contributed by atoms with Crippen LogP contribution in [0, 0.1) is 0 Å². The minimum Gasteiger partial charge on any atom is -0.345 e. The summed E-state index contributed by atoms with van der Waals surface area (Å²) in [6, 6.07) is 0. The fourth-order valence-electron chi connectivity index (χ4n) is 0.869. The Bertz CT molecular complexity index is 335. The van der Waals surface area contributed by atoms with Gasteiger partial charge in [-0.2, -0.15) is 15.4 Å². The average Bonchev–Trinajstić information content (AvgIpc) is 2.77. The maximum Gasteiger partial charge on any atom is 0.273 e. The zero-order chi connectivity index (χ0) is 11.3. The summed E-state index contributed by atoms with van der Waals surface area (Å²) in [5, 5.41) is 11.8. The molecule has 0 aromatic carbocycles. The Kier molecular flexibility index (Phi) is 3.78. The lowest BCUT2D eigenvalue weighted by Crippen LogP contribution is -2.38. The van der Waals surface area contributed by atoms with Crippen molar-refractivity contribution in [3.05, 3.63) is 11.9 Å². The summed E-state index contributed by atoms with van der Waals surface area (Å²) in [6.45, 7) is 2.44. The first kappa shape index (κ1) is 11.2. The lowest BCUT2D eigenvalue weighted by molar-refractivity contribution is -0.128. The molecule has 0 aliphatic carbocycles. The summed E-state index contributed by atoms with van der Waals surface area (Å²) >= 11 is 0. The van der Waals surface area contributed by atoms with Gasteiger partial charge in [0.2, 0.25) is 5.91 Å². The topological polar surface area (TPSA) is 91.0 Å². The molecule has 0 spiro atoms. The smallest absolute Gasteiger partial charge is 0.273 e. The van der Waals surface area contributed by atoms with Crippen molar-refractivity contribution in [2.45, 2.75) is 6.92 Å². The molecule has 0 bridgehead atoms. The Morgan fingerprint density at radius 1 is 1.60 bits per heavy atom. The van der Waals surface area contributed by atoms with Crippen molar-refractivity contribution in [1.82, 2.24) is 25.6 Å². The molecule has 1 aromatic heterocycles. The number of hydrogen-bond donors (Lipinski definition) is 2. The van der Waals surface area contributed by atoms with Gasteiger partial charge >= 0.3 is 0 Å². The standard InChI is InChI=1S/C8H13N5O2/c1-3-13(2)7(14)5-9-8(15)6-4-10-12-11-6/h4H,3,5H2,1-2H3,(H,9,15)(H,10,11,12). The number of hydrogen-bond acceptors (Lipinski definition) is 4. The molecule has 7 heteroatoms. The van der Waals surface area contributed by atoms with Crippen LogP contribution in [0.5, 0.6) is 0 Å². The minimum atomic E-state index is -0.415. The number of aromatic amines is 1. The predicted molar refractivity (Wildman–Crippen MR) is 52.0 cm³/mol. The molecular weight excluding hydrogens is 198 g/mol. The SMILES string of the molecule is CCN(C)C(=O)CNC(=O)c1cn[nH]n1. The zero-order valence-electron chi connectivity index (χ0n) is 8.65. The Morgan fingerprint density at radius 2 is 2.33 bits per heavy atom. The first-order valence-electron chi connectivity index (χ1n) is 4.53. The number of nitrogens with one attached hydrogen (secondary N) is 2. The number of carbonyl (C=O) groups excluding carboxylic acids is 2. The molecule has 0 aliphatic heterocycles. The molecular formula is C8H13N5O2. The van der Waals surface area contributed by atoms with Gasteiger partial charge in [-0.3, -0.25) is 9.59 Å². The number of H-pyrrole nitrogens is 1. The van der Waals surface area contributed by atoms with Gasteiger partial charge in [-0.25, -0.2) is 0 Å². The van der Waals surface area contributed by atoms with E-state index in [2.05, 4.69) is 20.7 Å². The van der Waals surface area contributed by atoms with E-state index in [9.17, 15) is 9.59 Å². The predicted octanol–water partition coefficient (Wildman–Crippen LogP) is -0.987. The molecule has 0 saturated carbocycles. The van der Waals surface area contributed by atoms with Crippen molar-refractivity contribution in [3.8, 4) is 0 Å². The molecule has 2 N–H and O–H groups in total. The third-order valence-electron chi connectivity index (χ3n) is 1.95. The van der Waals surface area contributed by atoms with E-state index >= 15 is 0 Å². The Labute approximate surface area is 86.8 Å². The van der Waals surface area contributed by atoms with Gasteiger partial charge in [-0.1, -0.05) is 0 Å². The monoisotopic (exact) mass is 211 g/mol. The molecule has 0 atom stereocenters. The fraction of sp³-hybridized carbons (Fsp3) is 0.500. The molecule has 7 nitrogen and oxygen atoms in total. The summed E-state index contributed by atoms with van der Waals surface area (Å²) in [6.07, 6.45) is 1.29. The van der Waals surface area contributed by atoms with E-state index in [1.807, 2.05) is 6.92 Å². The molecule has 0 radical (unpaired) electrons. The minimum absolute atomic E-state index is 0.0317. The van der Waals surface area contributed by atoms with Crippen molar-refractivity contribution < 1.29 is 9.59 Å². The molecule has 0 unspecified atom stereocenters. The van der Waals surface area contributed by atoms with E-state index in [-0.39, 0.29) is 18.1 Å². The van der Waals surface area contributed by atoms with Crippen LogP contribution < -0.4 is 5.32 Å². The maximum atomic E-state index is 11.3. The molecule has 1 aromatic rings. The van der Waals surface area contributed by atoms with Crippen molar-refractivity contribution >= 4 is 11.8 Å². The Morgan fingerprint density at radius 3 is 2.87 bits per heavy atom. The second-order valence-electron chi connectivity index (χ2n) is 2.95. The van der Waals surface area contributed by atoms with E-state index in [1.54, 1.807) is 7.05 Å². The van der Waals surface area contributed by atoms with Crippen LogP contribution in [0.15, 0.2) is 6.20 Å². The van der Waals surface area contributed by atoms with Crippen LogP contribution in [0.4, 0.5) is 0 Å². The summed E-state index contributed by atoms with van der Waals surface area (Å²) < 4.78 is 0. The molecule has 0 fully saturated rings. The summed E-state index contributed by atoms with van der Waals surface area (Å²) in [4.78, 5) is 24.1. The van der Waals surface area contributed by atoms with Gasteiger partial charge in [0.15, 0.2) is 5.69 Å². The van der Waals surface area contributed by atoms with E-state index in [0.29, 0.717) is 6.54 Å². The van der Waals surface area contributed by atoms with E-state index < -0.39 is 5.91 Å². The number of carbonyl (C=O) groups is 2. The van der Waals surface area contributed by atoms with E-state index in [0.717, 1.165) is 0 Å². The first-order valence-corrected chi connectivity index (χ1v) is 4.53. The molecule has 1 heterocycles. The van der Waals surface area contributed by atoms with Crippen LogP contribution in [-0.2, 0) is 4.79 Å². The zero-order valence-corrected chi connectivity index (χ0v) is 8.65. The molecule has 0 saturated heterocycles. The van der Waals surface area contributed by atoms with Gasteiger partial charge in [0, 0.05) is 13.6 Å². The highest BCUT2D eigenvalue weighted by molar-refractivity contribution is 5.94. The lowest BCUT2D eigenvalue weighted by Gasteiger charge is -2.14. The van der Waals surface area contributed by atoms with Gasteiger partial charge in [-0.05, 0) is 6.92 Å². The van der Waals surface area contributed by atoms with Crippen LogP contribution in [0.3, 0.4) is 0 Å². The number of aromatic nitrogens is 3. The lowest BCUT2D eigenvalue weighted by atomic mass is 10.4. The molecule has 1 rings (SSSR count). The number of amides is 2. The number of rotatable bonds is 4.